The first-order valence-electron chi connectivity index (χ1n) is 7.78. The molecule has 0 spiro atoms. The molecule has 0 atom stereocenters. The van der Waals surface area contributed by atoms with Crippen LogP contribution in [-0.2, 0) is 6.61 Å². The van der Waals surface area contributed by atoms with Gasteiger partial charge in [-0.25, -0.2) is 4.79 Å². The zero-order valence-electron chi connectivity index (χ0n) is 13.4. The van der Waals surface area contributed by atoms with Crippen LogP contribution in [0.4, 0.5) is 0 Å². The molecule has 0 unspecified atom stereocenters. The van der Waals surface area contributed by atoms with E-state index in [9.17, 15) is 9.90 Å². The van der Waals surface area contributed by atoms with Crippen LogP contribution in [0.15, 0.2) is 60.7 Å². The van der Waals surface area contributed by atoms with Crippen LogP contribution < -0.4 is 9.47 Å². The third-order valence-electron chi connectivity index (χ3n) is 3.74. The van der Waals surface area contributed by atoms with E-state index < -0.39 is 5.97 Å². The number of hydrogen-bond donors (Lipinski definition) is 1. The van der Waals surface area contributed by atoms with E-state index in [0.29, 0.717) is 17.9 Å². The van der Waals surface area contributed by atoms with E-state index in [1.165, 1.54) is 6.07 Å². The van der Waals surface area contributed by atoms with Crippen LogP contribution in [0, 0.1) is 0 Å². The second kappa shape index (κ2) is 7.04. The summed E-state index contributed by atoms with van der Waals surface area (Å²) in [6.45, 7) is 2.64. The van der Waals surface area contributed by atoms with E-state index in [1.807, 2.05) is 49.4 Å². The monoisotopic (exact) mass is 322 g/mol. The van der Waals surface area contributed by atoms with E-state index in [0.717, 1.165) is 16.5 Å². The van der Waals surface area contributed by atoms with E-state index in [4.69, 9.17) is 9.47 Å². The lowest BCUT2D eigenvalue weighted by Gasteiger charge is -2.13. The molecule has 0 aliphatic carbocycles. The number of carboxylic acids is 1. The maximum atomic E-state index is 11.2. The highest BCUT2D eigenvalue weighted by Crippen LogP contribution is 2.28. The Morgan fingerprint density at radius 2 is 1.75 bits per heavy atom. The minimum absolute atomic E-state index is 0.218. The average Bonchev–Trinajstić information content (AvgIpc) is 2.61. The maximum Gasteiger partial charge on any atom is 0.335 e. The lowest BCUT2D eigenvalue weighted by atomic mass is 10.1. The van der Waals surface area contributed by atoms with E-state index in [1.54, 1.807) is 12.1 Å². The molecule has 0 bridgehead atoms. The van der Waals surface area contributed by atoms with Gasteiger partial charge in [-0.05, 0) is 36.6 Å². The average molecular weight is 322 g/mol. The van der Waals surface area contributed by atoms with Crippen molar-refractivity contribution in [3.8, 4) is 11.5 Å². The van der Waals surface area contributed by atoms with Crippen molar-refractivity contribution in [1.82, 2.24) is 0 Å². The van der Waals surface area contributed by atoms with Crippen molar-refractivity contribution < 1.29 is 19.4 Å². The third-order valence-corrected chi connectivity index (χ3v) is 3.74. The molecule has 3 aromatic carbocycles. The fourth-order valence-corrected chi connectivity index (χ4v) is 2.60. The van der Waals surface area contributed by atoms with Gasteiger partial charge in [-0.15, -0.1) is 0 Å². The Kier molecular flexibility index (Phi) is 4.66. The van der Waals surface area contributed by atoms with Crippen molar-refractivity contribution in [2.24, 2.45) is 0 Å². The van der Waals surface area contributed by atoms with Crippen LogP contribution in [0.2, 0.25) is 0 Å². The molecule has 4 nitrogen and oxygen atoms in total. The Morgan fingerprint density at radius 3 is 2.54 bits per heavy atom. The number of fused-ring (bicyclic) bond motifs is 1. The molecule has 1 N–H and O–H groups in total. The molecular weight excluding hydrogens is 304 g/mol. The Bertz CT molecular complexity index is 865. The summed E-state index contributed by atoms with van der Waals surface area (Å²) in [5.74, 6) is 0.434. The van der Waals surface area contributed by atoms with Gasteiger partial charge in [0.25, 0.3) is 0 Å². The van der Waals surface area contributed by atoms with Gasteiger partial charge in [-0.3, -0.25) is 0 Å². The van der Waals surface area contributed by atoms with Crippen molar-refractivity contribution >= 4 is 16.7 Å². The van der Waals surface area contributed by atoms with Gasteiger partial charge in [-0.1, -0.05) is 36.4 Å². The number of carbonyl (C=O) groups is 1. The normalized spacial score (nSPS) is 10.5. The number of hydrogen-bond acceptors (Lipinski definition) is 3. The number of ether oxygens (including phenoxy) is 2. The highest BCUT2D eigenvalue weighted by Gasteiger charge is 2.11. The topological polar surface area (TPSA) is 55.8 Å². The summed E-state index contributed by atoms with van der Waals surface area (Å²) in [5.41, 5.74) is 0.930. The van der Waals surface area contributed by atoms with Crippen LogP contribution in [0.5, 0.6) is 11.5 Å². The summed E-state index contributed by atoms with van der Waals surface area (Å²) in [6, 6.07) is 18.7. The summed E-state index contributed by atoms with van der Waals surface area (Å²) in [4.78, 5) is 11.2. The Morgan fingerprint density at radius 1 is 0.958 bits per heavy atom. The summed E-state index contributed by atoms with van der Waals surface area (Å²) >= 11 is 0. The Balaban J connectivity index is 1.89. The van der Waals surface area contributed by atoms with Crippen LogP contribution in [0.1, 0.15) is 22.8 Å². The van der Waals surface area contributed by atoms with E-state index >= 15 is 0 Å². The van der Waals surface area contributed by atoms with Crippen molar-refractivity contribution in [3.05, 3.63) is 71.8 Å². The summed E-state index contributed by atoms with van der Waals surface area (Å²) in [5, 5.41) is 11.3. The van der Waals surface area contributed by atoms with Crippen LogP contribution in [0.3, 0.4) is 0 Å². The van der Waals surface area contributed by atoms with Gasteiger partial charge in [0.05, 0.1) is 12.2 Å². The molecule has 24 heavy (non-hydrogen) atoms. The third kappa shape index (κ3) is 3.33. The number of aromatic carboxylic acids is 1. The van der Waals surface area contributed by atoms with Gasteiger partial charge in [0, 0.05) is 10.9 Å². The molecule has 0 aliphatic heterocycles. The summed E-state index contributed by atoms with van der Waals surface area (Å²) in [7, 11) is 0. The zero-order valence-corrected chi connectivity index (χ0v) is 13.4. The van der Waals surface area contributed by atoms with Crippen LogP contribution in [0.25, 0.3) is 10.8 Å². The smallest absolute Gasteiger partial charge is 0.335 e. The quantitative estimate of drug-likeness (QED) is 0.725. The van der Waals surface area contributed by atoms with Gasteiger partial charge < -0.3 is 14.6 Å². The van der Waals surface area contributed by atoms with Crippen LogP contribution >= 0.6 is 0 Å². The molecule has 3 rings (SSSR count). The van der Waals surface area contributed by atoms with Crippen molar-refractivity contribution in [1.29, 1.82) is 0 Å². The minimum Gasteiger partial charge on any atom is -0.493 e. The molecule has 0 aromatic heterocycles. The molecule has 3 aromatic rings. The maximum absolute atomic E-state index is 11.2. The molecule has 0 heterocycles. The lowest BCUT2D eigenvalue weighted by Crippen LogP contribution is -2.04. The van der Waals surface area contributed by atoms with Crippen molar-refractivity contribution in [2.75, 3.05) is 6.61 Å². The molecule has 0 aliphatic rings. The van der Waals surface area contributed by atoms with Gasteiger partial charge in [0.15, 0.2) is 0 Å². The first-order valence-corrected chi connectivity index (χ1v) is 7.78. The molecule has 122 valence electrons. The highest BCUT2D eigenvalue weighted by atomic mass is 16.5. The predicted molar refractivity (Wildman–Crippen MR) is 92.9 cm³/mol. The standard InChI is InChI=1S/C20H18O4/c1-2-23-18-11-10-15(20(21)22)12-16(18)13-24-19-9-5-7-14-6-3-4-8-17(14)19/h3-12H,2,13H2,1H3,(H,21,22). The van der Waals surface area contributed by atoms with E-state index in [2.05, 4.69) is 0 Å². The Labute approximate surface area is 140 Å². The first kappa shape index (κ1) is 15.9. The molecule has 4 heteroatoms. The number of carboxylic acid groups (broad SMARTS) is 1. The SMILES string of the molecule is CCOc1ccc(C(=O)O)cc1COc1cccc2ccccc12. The Hall–Kier alpha value is -3.01. The lowest BCUT2D eigenvalue weighted by molar-refractivity contribution is 0.0696. The molecule has 0 radical (unpaired) electrons. The van der Waals surface area contributed by atoms with Crippen molar-refractivity contribution in [2.45, 2.75) is 13.5 Å². The molecule has 0 amide bonds. The molecule has 0 saturated carbocycles. The number of rotatable bonds is 6. The second-order valence-corrected chi connectivity index (χ2v) is 5.33. The van der Waals surface area contributed by atoms with Gasteiger partial charge in [0.1, 0.15) is 18.1 Å². The van der Waals surface area contributed by atoms with Gasteiger partial charge >= 0.3 is 5.97 Å². The number of benzene rings is 3. The summed E-state index contributed by atoms with van der Waals surface area (Å²) in [6.07, 6.45) is 0. The fourth-order valence-electron chi connectivity index (χ4n) is 2.60. The highest BCUT2D eigenvalue weighted by molar-refractivity contribution is 5.89. The minimum atomic E-state index is -0.968. The molecular formula is C20H18O4. The van der Waals surface area contributed by atoms with Crippen LogP contribution in [-0.4, -0.2) is 17.7 Å². The van der Waals surface area contributed by atoms with Gasteiger partial charge in [-0.2, -0.15) is 0 Å². The van der Waals surface area contributed by atoms with E-state index in [-0.39, 0.29) is 12.2 Å². The molecule has 0 fully saturated rings. The molecule has 0 saturated heterocycles. The van der Waals surface area contributed by atoms with Crippen molar-refractivity contribution in [3.63, 3.8) is 0 Å². The first-order chi connectivity index (χ1) is 11.7. The van der Waals surface area contributed by atoms with Gasteiger partial charge in [0.2, 0.25) is 0 Å². The zero-order chi connectivity index (χ0) is 16.9. The largest absolute Gasteiger partial charge is 0.493 e. The fraction of sp³-hybridized carbons (Fsp3) is 0.150. The second-order valence-electron chi connectivity index (χ2n) is 5.33. The summed E-state index contributed by atoms with van der Waals surface area (Å²) < 4.78 is 11.5. The predicted octanol–water partition coefficient (Wildman–Crippen LogP) is 4.52.